The standard InChI is InChI=1S/C10H7BrN2O2/c1-5-7-3-2-6(11)4-8(7)13-9(12-5)10(14)15/h2-4H,1H3,(H,14,15). The third-order valence-corrected chi connectivity index (χ3v) is 2.53. The molecule has 0 saturated carbocycles. The monoisotopic (exact) mass is 266 g/mol. The lowest BCUT2D eigenvalue weighted by molar-refractivity contribution is 0.0683. The van der Waals surface area contributed by atoms with Gasteiger partial charge in [0, 0.05) is 15.6 Å². The summed E-state index contributed by atoms with van der Waals surface area (Å²) in [5, 5.41) is 9.67. The van der Waals surface area contributed by atoms with Gasteiger partial charge in [-0.25, -0.2) is 14.8 Å². The Morgan fingerprint density at radius 2 is 2.13 bits per heavy atom. The summed E-state index contributed by atoms with van der Waals surface area (Å²) in [4.78, 5) is 18.6. The van der Waals surface area contributed by atoms with Gasteiger partial charge < -0.3 is 5.11 Å². The first kappa shape index (κ1) is 10.0. The number of benzene rings is 1. The van der Waals surface area contributed by atoms with E-state index in [4.69, 9.17) is 5.11 Å². The van der Waals surface area contributed by atoms with Crippen molar-refractivity contribution in [3.05, 3.63) is 34.2 Å². The number of aromatic carboxylic acids is 1. The Morgan fingerprint density at radius 1 is 1.40 bits per heavy atom. The predicted octanol–water partition coefficient (Wildman–Crippen LogP) is 2.40. The highest BCUT2D eigenvalue weighted by molar-refractivity contribution is 9.10. The van der Waals surface area contributed by atoms with Crippen molar-refractivity contribution >= 4 is 32.8 Å². The average Bonchev–Trinajstić information content (AvgIpc) is 2.16. The van der Waals surface area contributed by atoms with Crippen molar-refractivity contribution < 1.29 is 9.90 Å². The fourth-order valence-corrected chi connectivity index (χ4v) is 1.71. The minimum absolute atomic E-state index is 0.168. The van der Waals surface area contributed by atoms with E-state index < -0.39 is 5.97 Å². The molecular weight excluding hydrogens is 260 g/mol. The molecule has 0 bridgehead atoms. The molecule has 2 rings (SSSR count). The molecule has 4 nitrogen and oxygen atoms in total. The molecule has 0 spiro atoms. The lowest BCUT2D eigenvalue weighted by atomic mass is 10.2. The normalized spacial score (nSPS) is 10.5. The van der Waals surface area contributed by atoms with Gasteiger partial charge in [0.1, 0.15) is 0 Å². The number of aromatic nitrogens is 2. The average molecular weight is 267 g/mol. The Bertz CT molecular complexity index is 554. The van der Waals surface area contributed by atoms with Crippen LogP contribution in [0.4, 0.5) is 0 Å². The second-order valence-corrected chi connectivity index (χ2v) is 4.01. The molecule has 0 aliphatic heterocycles. The maximum atomic E-state index is 10.7. The first-order valence-corrected chi connectivity index (χ1v) is 5.04. The zero-order valence-corrected chi connectivity index (χ0v) is 9.45. The third kappa shape index (κ3) is 1.83. The van der Waals surface area contributed by atoms with Crippen molar-refractivity contribution in [2.45, 2.75) is 6.92 Å². The summed E-state index contributed by atoms with van der Waals surface area (Å²) in [6, 6.07) is 5.51. The van der Waals surface area contributed by atoms with Gasteiger partial charge in [-0.2, -0.15) is 0 Å². The summed E-state index contributed by atoms with van der Waals surface area (Å²) in [7, 11) is 0. The van der Waals surface area contributed by atoms with Crippen molar-refractivity contribution in [2.75, 3.05) is 0 Å². The molecule has 0 aliphatic rings. The minimum atomic E-state index is -1.11. The van der Waals surface area contributed by atoms with Gasteiger partial charge in [0.15, 0.2) is 0 Å². The first-order chi connectivity index (χ1) is 7.08. The van der Waals surface area contributed by atoms with Crippen LogP contribution in [0.3, 0.4) is 0 Å². The van der Waals surface area contributed by atoms with Gasteiger partial charge in [0.25, 0.3) is 0 Å². The van der Waals surface area contributed by atoms with E-state index >= 15 is 0 Å². The lowest BCUT2D eigenvalue weighted by Crippen LogP contribution is -2.05. The van der Waals surface area contributed by atoms with E-state index in [0.717, 1.165) is 9.86 Å². The van der Waals surface area contributed by atoms with E-state index in [1.54, 1.807) is 13.0 Å². The van der Waals surface area contributed by atoms with Gasteiger partial charge in [0.05, 0.1) is 5.52 Å². The van der Waals surface area contributed by atoms with Crippen LogP contribution in [0.1, 0.15) is 16.3 Å². The molecule has 0 radical (unpaired) electrons. The lowest BCUT2D eigenvalue weighted by Gasteiger charge is -2.02. The van der Waals surface area contributed by atoms with E-state index in [0.29, 0.717) is 11.2 Å². The van der Waals surface area contributed by atoms with Gasteiger partial charge in [-0.15, -0.1) is 0 Å². The van der Waals surface area contributed by atoms with Crippen LogP contribution in [0, 0.1) is 6.92 Å². The Morgan fingerprint density at radius 3 is 2.80 bits per heavy atom. The van der Waals surface area contributed by atoms with E-state index in [1.165, 1.54) is 0 Å². The summed E-state index contributed by atoms with van der Waals surface area (Å²) >= 11 is 3.31. The van der Waals surface area contributed by atoms with Crippen LogP contribution in [0.5, 0.6) is 0 Å². The highest BCUT2D eigenvalue weighted by atomic mass is 79.9. The molecule has 5 heteroatoms. The molecule has 0 fully saturated rings. The Hall–Kier alpha value is -1.49. The number of halogens is 1. The Balaban J connectivity index is 2.79. The molecular formula is C10H7BrN2O2. The van der Waals surface area contributed by atoms with Crippen LogP contribution in [0.2, 0.25) is 0 Å². The molecule has 0 amide bonds. The number of nitrogens with zero attached hydrogens (tertiary/aromatic N) is 2. The van der Waals surface area contributed by atoms with Crippen LogP contribution in [0.15, 0.2) is 22.7 Å². The molecule has 2 aromatic rings. The predicted molar refractivity (Wildman–Crippen MR) is 58.9 cm³/mol. The number of aryl methyl sites for hydroxylation is 1. The summed E-state index contributed by atoms with van der Waals surface area (Å²) < 4.78 is 0.865. The third-order valence-electron chi connectivity index (χ3n) is 2.04. The second-order valence-electron chi connectivity index (χ2n) is 3.10. The van der Waals surface area contributed by atoms with Crippen LogP contribution in [-0.4, -0.2) is 21.0 Å². The minimum Gasteiger partial charge on any atom is -0.475 e. The summed E-state index contributed by atoms with van der Waals surface area (Å²) in [5.41, 5.74) is 1.30. The van der Waals surface area contributed by atoms with E-state index in [1.807, 2.05) is 12.1 Å². The highest BCUT2D eigenvalue weighted by Gasteiger charge is 2.10. The number of fused-ring (bicyclic) bond motifs is 1. The van der Waals surface area contributed by atoms with Gasteiger partial charge in [0.2, 0.25) is 5.82 Å². The smallest absolute Gasteiger partial charge is 0.373 e. The largest absolute Gasteiger partial charge is 0.475 e. The highest BCUT2D eigenvalue weighted by Crippen LogP contribution is 2.20. The van der Waals surface area contributed by atoms with E-state index in [2.05, 4.69) is 25.9 Å². The van der Waals surface area contributed by atoms with Crippen molar-refractivity contribution in [1.82, 2.24) is 9.97 Å². The number of rotatable bonds is 1. The molecule has 15 heavy (non-hydrogen) atoms. The molecule has 0 unspecified atom stereocenters. The maximum Gasteiger partial charge on any atom is 0.373 e. The van der Waals surface area contributed by atoms with Gasteiger partial charge in [-0.05, 0) is 25.1 Å². The van der Waals surface area contributed by atoms with Crippen molar-refractivity contribution in [3.63, 3.8) is 0 Å². The van der Waals surface area contributed by atoms with Gasteiger partial charge in [-0.1, -0.05) is 15.9 Å². The first-order valence-electron chi connectivity index (χ1n) is 4.25. The second kappa shape index (κ2) is 3.58. The van der Waals surface area contributed by atoms with Gasteiger partial charge in [-0.3, -0.25) is 0 Å². The fourth-order valence-electron chi connectivity index (χ4n) is 1.36. The summed E-state index contributed by atoms with van der Waals surface area (Å²) in [6.45, 7) is 1.77. The summed E-state index contributed by atoms with van der Waals surface area (Å²) in [5.74, 6) is -1.28. The van der Waals surface area contributed by atoms with Crippen LogP contribution in [0.25, 0.3) is 10.9 Å². The number of carboxylic acid groups (broad SMARTS) is 1. The molecule has 0 saturated heterocycles. The summed E-state index contributed by atoms with van der Waals surface area (Å²) in [6.07, 6.45) is 0. The quantitative estimate of drug-likeness (QED) is 0.861. The molecule has 76 valence electrons. The molecule has 0 aliphatic carbocycles. The van der Waals surface area contributed by atoms with Crippen molar-refractivity contribution in [1.29, 1.82) is 0 Å². The van der Waals surface area contributed by atoms with E-state index in [9.17, 15) is 4.79 Å². The number of hydrogen-bond acceptors (Lipinski definition) is 3. The van der Waals surface area contributed by atoms with Crippen LogP contribution < -0.4 is 0 Å². The zero-order valence-electron chi connectivity index (χ0n) is 7.86. The molecule has 1 heterocycles. The SMILES string of the molecule is Cc1nc(C(=O)O)nc2cc(Br)ccc12. The van der Waals surface area contributed by atoms with Gasteiger partial charge >= 0.3 is 5.97 Å². The Labute approximate surface area is 94.1 Å². The van der Waals surface area contributed by atoms with E-state index in [-0.39, 0.29) is 5.82 Å². The molecule has 1 aromatic heterocycles. The number of hydrogen-bond donors (Lipinski definition) is 1. The number of carbonyl (C=O) groups is 1. The molecule has 1 aromatic carbocycles. The van der Waals surface area contributed by atoms with Crippen molar-refractivity contribution in [2.24, 2.45) is 0 Å². The molecule has 1 N–H and O–H groups in total. The van der Waals surface area contributed by atoms with Crippen molar-refractivity contribution in [3.8, 4) is 0 Å². The fraction of sp³-hybridized carbons (Fsp3) is 0.100. The van der Waals surface area contributed by atoms with Crippen LogP contribution >= 0.6 is 15.9 Å². The Kier molecular flexibility index (Phi) is 2.40. The number of carboxylic acids is 1. The maximum absolute atomic E-state index is 10.7. The topological polar surface area (TPSA) is 63.1 Å². The van der Waals surface area contributed by atoms with Crippen LogP contribution in [-0.2, 0) is 0 Å². The molecule has 0 atom stereocenters. The zero-order chi connectivity index (χ0) is 11.0.